The summed E-state index contributed by atoms with van der Waals surface area (Å²) < 4.78 is 24.8. The van der Waals surface area contributed by atoms with E-state index >= 15 is 0 Å². The van der Waals surface area contributed by atoms with Crippen LogP contribution in [0.15, 0.2) is 24.3 Å². The minimum Gasteiger partial charge on any atom is -0.399 e. The van der Waals surface area contributed by atoms with Crippen molar-refractivity contribution < 1.29 is 8.78 Å². The van der Waals surface area contributed by atoms with Gasteiger partial charge in [-0.25, -0.2) is 8.78 Å². The van der Waals surface area contributed by atoms with Crippen molar-refractivity contribution in [2.45, 2.75) is 31.9 Å². The molecule has 0 spiro atoms. The number of nitrogens with two attached hydrogens (primary N) is 1. The maximum Gasteiger partial charge on any atom is 0.251 e. The SMILES string of the molecule is Nc1cccc(CN(CC(F)F)C2CC2)c1. The molecular formula is C12H16F2N2. The summed E-state index contributed by atoms with van der Waals surface area (Å²) >= 11 is 0. The highest BCUT2D eigenvalue weighted by Gasteiger charge is 2.30. The fourth-order valence-electron chi connectivity index (χ4n) is 1.89. The number of rotatable bonds is 5. The van der Waals surface area contributed by atoms with Gasteiger partial charge in [0.25, 0.3) is 6.43 Å². The van der Waals surface area contributed by atoms with Crippen LogP contribution in [-0.4, -0.2) is 23.9 Å². The second-order valence-corrected chi connectivity index (χ2v) is 4.30. The average Bonchev–Trinajstić information content (AvgIpc) is 2.99. The summed E-state index contributed by atoms with van der Waals surface area (Å²) in [6, 6.07) is 7.78. The van der Waals surface area contributed by atoms with Crippen LogP contribution < -0.4 is 5.73 Å². The summed E-state index contributed by atoms with van der Waals surface area (Å²) in [4.78, 5) is 1.85. The summed E-state index contributed by atoms with van der Waals surface area (Å²) in [5.41, 5.74) is 7.35. The normalized spacial score (nSPS) is 16.0. The topological polar surface area (TPSA) is 29.3 Å². The van der Waals surface area contributed by atoms with Gasteiger partial charge in [-0.3, -0.25) is 4.90 Å². The summed E-state index contributed by atoms with van der Waals surface area (Å²) in [6.45, 7) is 0.430. The number of hydrogen-bond acceptors (Lipinski definition) is 2. The Bertz CT molecular complexity index is 351. The zero-order chi connectivity index (χ0) is 11.5. The first-order valence-corrected chi connectivity index (χ1v) is 5.52. The number of alkyl halides is 2. The van der Waals surface area contributed by atoms with E-state index in [1.54, 1.807) is 6.07 Å². The molecule has 0 radical (unpaired) electrons. The van der Waals surface area contributed by atoms with Crippen molar-refractivity contribution in [1.82, 2.24) is 4.90 Å². The standard InChI is InChI=1S/C12H16F2N2/c13-12(14)8-16(11-4-5-11)7-9-2-1-3-10(15)6-9/h1-3,6,11-12H,4-5,7-8,15H2. The van der Waals surface area contributed by atoms with Crippen molar-refractivity contribution in [1.29, 1.82) is 0 Å². The van der Waals surface area contributed by atoms with Gasteiger partial charge in [0.2, 0.25) is 0 Å². The van der Waals surface area contributed by atoms with Crippen LogP contribution in [0.1, 0.15) is 18.4 Å². The average molecular weight is 226 g/mol. The smallest absolute Gasteiger partial charge is 0.251 e. The molecule has 1 aliphatic rings. The van der Waals surface area contributed by atoms with Gasteiger partial charge in [-0.2, -0.15) is 0 Å². The first-order chi connectivity index (χ1) is 7.65. The minimum absolute atomic E-state index is 0.139. The van der Waals surface area contributed by atoms with Crippen molar-refractivity contribution in [3.63, 3.8) is 0 Å². The molecule has 0 saturated heterocycles. The Kier molecular flexibility index (Phi) is 3.39. The van der Waals surface area contributed by atoms with Crippen LogP contribution in [0.2, 0.25) is 0 Å². The highest BCUT2D eigenvalue weighted by atomic mass is 19.3. The van der Waals surface area contributed by atoms with Crippen molar-refractivity contribution in [2.24, 2.45) is 0 Å². The third kappa shape index (κ3) is 3.17. The van der Waals surface area contributed by atoms with E-state index in [0.29, 0.717) is 18.3 Å². The highest BCUT2D eigenvalue weighted by Crippen LogP contribution is 2.29. The van der Waals surface area contributed by atoms with Crippen LogP contribution in [0, 0.1) is 0 Å². The van der Waals surface area contributed by atoms with Crippen LogP contribution in [0.4, 0.5) is 14.5 Å². The lowest BCUT2D eigenvalue weighted by Gasteiger charge is -2.21. The monoisotopic (exact) mass is 226 g/mol. The van der Waals surface area contributed by atoms with Crippen LogP contribution in [0.3, 0.4) is 0 Å². The molecule has 0 unspecified atom stereocenters. The predicted octanol–water partition coefficient (Wildman–Crippen LogP) is 2.50. The zero-order valence-electron chi connectivity index (χ0n) is 9.07. The molecule has 1 saturated carbocycles. The van der Waals surface area contributed by atoms with Crippen LogP contribution >= 0.6 is 0 Å². The molecule has 0 heterocycles. The molecule has 0 atom stereocenters. The van der Waals surface area contributed by atoms with Gasteiger partial charge >= 0.3 is 0 Å². The number of anilines is 1. The molecule has 16 heavy (non-hydrogen) atoms. The lowest BCUT2D eigenvalue weighted by atomic mass is 10.2. The molecule has 1 fully saturated rings. The largest absolute Gasteiger partial charge is 0.399 e. The Morgan fingerprint density at radius 3 is 2.69 bits per heavy atom. The van der Waals surface area contributed by atoms with E-state index in [4.69, 9.17) is 5.73 Å². The van der Waals surface area contributed by atoms with Gasteiger partial charge in [0.1, 0.15) is 0 Å². The van der Waals surface area contributed by atoms with Crippen LogP contribution in [-0.2, 0) is 6.54 Å². The lowest BCUT2D eigenvalue weighted by Crippen LogP contribution is -2.30. The van der Waals surface area contributed by atoms with Crippen LogP contribution in [0.5, 0.6) is 0 Å². The molecule has 2 nitrogen and oxygen atoms in total. The Morgan fingerprint density at radius 1 is 1.38 bits per heavy atom. The van der Waals surface area contributed by atoms with Gasteiger partial charge in [0.05, 0.1) is 6.54 Å². The van der Waals surface area contributed by atoms with Gasteiger partial charge in [-0.1, -0.05) is 12.1 Å². The van der Waals surface area contributed by atoms with Crippen molar-refractivity contribution in [2.75, 3.05) is 12.3 Å². The van der Waals surface area contributed by atoms with Gasteiger partial charge in [-0.05, 0) is 30.5 Å². The Hall–Kier alpha value is -1.16. The second kappa shape index (κ2) is 4.78. The zero-order valence-corrected chi connectivity index (χ0v) is 9.07. The van der Waals surface area contributed by atoms with E-state index in [0.717, 1.165) is 18.4 Å². The molecule has 0 bridgehead atoms. The quantitative estimate of drug-likeness (QED) is 0.782. The van der Waals surface area contributed by atoms with Gasteiger partial charge in [0.15, 0.2) is 0 Å². The number of nitrogens with zero attached hydrogens (tertiary/aromatic N) is 1. The molecule has 88 valence electrons. The van der Waals surface area contributed by atoms with Crippen molar-refractivity contribution >= 4 is 5.69 Å². The third-order valence-corrected chi connectivity index (χ3v) is 2.77. The summed E-state index contributed by atoms with van der Waals surface area (Å²) in [5.74, 6) is 0. The second-order valence-electron chi connectivity index (χ2n) is 4.30. The first kappa shape index (κ1) is 11.3. The van der Waals surface area contributed by atoms with Gasteiger partial charge < -0.3 is 5.73 Å². The summed E-state index contributed by atoms with van der Waals surface area (Å²) in [5, 5.41) is 0. The number of nitrogen functional groups attached to an aromatic ring is 1. The predicted molar refractivity (Wildman–Crippen MR) is 60.3 cm³/mol. The molecule has 1 aromatic rings. The highest BCUT2D eigenvalue weighted by molar-refractivity contribution is 5.40. The van der Waals surface area contributed by atoms with E-state index in [9.17, 15) is 8.78 Å². The molecule has 4 heteroatoms. The number of benzene rings is 1. The third-order valence-electron chi connectivity index (χ3n) is 2.77. The molecule has 2 rings (SSSR count). The molecular weight excluding hydrogens is 210 g/mol. The number of halogens is 2. The minimum atomic E-state index is -2.26. The van der Waals surface area contributed by atoms with E-state index in [1.807, 2.05) is 23.1 Å². The maximum atomic E-state index is 12.4. The van der Waals surface area contributed by atoms with Crippen LogP contribution in [0.25, 0.3) is 0 Å². The van der Waals surface area contributed by atoms with Crippen molar-refractivity contribution in [3.8, 4) is 0 Å². The maximum absolute atomic E-state index is 12.4. The molecule has 1 aromatic carbocycles. The van der Waals surface area contributed by atoms with E-state index in [2.05, 4.69) is 0 Å². The first-order valence-electron chi connectivity index (χ1n) is 5.52. The molecule has 0 aromatic heterocycles. The molecule has 0 amide bonds. The Balaban J connectivity index is 1.99. The Morgan fingerprint density at radius 2 is 2.12 bits per heavy atom. The van der Waals surface area contributed by atoms with E-state index in [1.165, 1.54) is 0 Å². The number of hydrogen-bond donors (Lipinski definition) is 1. The van der Waals surface area contributed by atoms with Gasteiger partial charge in [-0.15, -0.1) is 0 Å². The summed E-state index contributed by atoms with van der Waals surface area (Å²) in [6.07, 6.45) is -0.189. The van der Waals surface area contributed by atoms with E-state index in [-0.39, 0.29) is 6.54 Å². The lowest BCUT2D eigenvalue weighted by molar-refractivity contribution is 0.0806. The molecule has 0 aliphatic heterocycles. The fraction of sp³-hybridized carbons (Fsp3) is 0.500. The summed E-state index contributed by atoms with van der Waals surface area (Å²) in [7, 11) is 0. The fourth-order valence-corrected chi connectivity index (χ4v) is 1.89. The van der Waals surface area contributed by atoms with Gasteiger partial charge in [0, 0.05) is 18.3 Å². The molecule has 1 aliphatic carbocycles. The van der Waals surface area contributed by atoms with Crippen molar-refractivity contribution in [3.05, 3.63) is 29.8 Å². The Labute approximate surface area is 94.0 Å². The van der Waals surface area contributed by atoms with E-state index < -0.39 is 6.43 Å². The molecule has 2 N–H and O–H groups in total.